The molecule has 3 aliphatic rings. The van der Waals surface area contributed by atoms with Crippen molar-refractivity contribution >= 4 is 28.6 Å². The first-order valence-corrected chi connectivity index (χ1v) is 22.1. The Morgan fingerprint density at radius 1 is 0.909 bits per heavy atom. The van der Waals surface area contributed by atoms with Crippen LogP contribution < -0.4 is 29.3 Å². The van der Waals surface area contributed by atoms with Crippen molar-refractivity contribution < 1.29 is 45.7 Å². The van der Waals surface area contributed by atoms with Crippen molar-refractivity contribution in [3.05, 3.63) is 88.9 Å². The summed E-state index contributed by atoms with van der Waals surface area (Å²) >= 11 is 0. The summed E-state index contributed by atoms with van der Waals surface area (Å²) in [7, 11) is 3.11. The fraction of sp³-hybridized carbons (Fsp3) is 0.479. The van der Waals surface area contributed by atoms with E-state index in [0.717, 1.165) is 17.5 Å². The van der Waals surface area contributed by atoms with Gasteiger partial charge in [0.05, 0.1) is 30.7 Å². The highest BCUT2D eigenvalue weighted by Gasteiger charge is 2.49. The van der Waals surface area contributed by atoms with Gasteiger partial charge in [0.25, 0.3) is 0 Å². The predicted octanol–water partition coefficient (Wildman–Crippen LogP) is 9.23. The Morgan fingerprint density at radius 3 is 2.20 bits per heavy atom. The minimum atomic E-state index is -4.96. The first-order valence-electron chi connectivity index (χ1n) is 22.1. The lowest BCUT2D eigenvalue weighted by atomic mass is 9.95. The average Bonchev–Trinajstić information content (AvgIpc) is 3.80. The largest absolute Gasteiger partial charge is 0.497 e. The lowest BCUT2D eigenvalue weighted by molar-refractivity contribution is -0.137. The maximum atomic E-state index is 17.6. The van der Waals surface area contributed by atoms with Gasteiger partial charge in [-0.2, -0.15) is 23.1 Å². The molecule has 1 unspecified atom stereocenters. The highest BCUT2D eigenvalue weighted by Crippen LogP contribution is 2.43. The number of anilines is 2. The monoisotopic (exact) mass is 918 g/mol. The number of fused-ring (bicyclic) bond motifs is 2. The molecule has 13 nitrogen and oxygen atoms in total. The van der Waals surface area contributed by atoms with E-state index in [9.17, 15) is 9.18 Å². The molecule has 3 aromatic heterocycles. The number of amides is 1. The number of aromatic nitrogens is 4. The average molecular weight is 919 g/mol. The number of hydrogen-bond acceptors (Lipinski definition) is 12. The molecule has 3 fully saturated rings. The van der Waals surface area contributed by atoms with E-state index >= 15 is 17.6 Å². The second-order valence-corrected chi connectivity index (χ2v) is 18.4. The predicted molar refractivity (Wildman–Crippen MR) is 239 cm³/mol. The standard InChI is InChI=1S/C48H55F5N8O5/c1-29-21-37(60(24-30-10-14-34(63-5)15-11-30)25-31-12-16-35(64-6)17-13-31)56-41(38(29)48(51,52)53)42-39(50)40-36(23-54-42)43(59-19-7-9-33(27-59)55-45(62)66-46(2,3)4)58-44(57-40)65-28-47-18-8-20-61(47)26-32(49)22-47/h10-17,21,23,32-33H,7-9,18-20,22,24-28H2,1-6H3,(H,55,62)/t32-,33+,47?/m1/s1. The third kappa shape index (κ3) is 10.2. The Bertz CT molecular complexity index is 2490. The van der Waals surface area contributed by atoms with Gasteiger partial charge in [-0.1, -0.05) is 24.3 Å². The molecule has 0 bridgehead atoms. The van der Waals surface area contributed by atoms with Crippen LogP contribution >= 0.6 is 0 Å². The molecule has 0 radical (unpaired) electrons. The summed E-state index contributed by atoms with van der Waals surface area (Å²) in [6, 6.07) is 15.3. The van der Waals surface area contributed by atoms with E-state index in [4.69, 9.17) is 23.9 Å². The smallest absolute Gasteiger partial charge is 0.418 e. The summed E-state index contributed by atoms with van der Waals surface area (Å²) < 4.78 is 100. The summed E-state index contributed by atoms with van der Waals surface area (Å²) in [5.41, 5.74) is -2.73. The van der Waals surface area contributed by atoms with E-state index in [1.54, 1.807) is 64.2 Å². The van der Waals surface area contributed by atoms with Gasteiger partial charge in [0.2, 0.25) is 0 Å². The van der Waals surface area contributed by atoms with Gasteiger partial charge in [0.1, 0.15) is 58.4 Å². The Hall–Kier alpha value is -6.04. The van der Waals surface area contributed by atoms with E-state index in [-0.39, 0.29) is 79.4 Å². The van der Waals surface area contributed by atoms with E-state index in [1.165, 1.54) is 19.2 Å². The van der Waals surface area contributed by atoms with E-state index in [0.29, 0.717) is 43.9 Å². The number of methoxy groups -OCH3 is 2. The molecule has 8 rings (SSSR count). The fourth-order valence-electron chi connectivity index (χ4n) is 9.37. The molecule has 3 atom stereocenters. The molecule has 3 saturated heterocycles. The number of nitrogens with zero attached hydrogens (tertiary/aromatic N) is 7. The molecule has 6 heterocycles. The molecular weight excluding hydrogens is 864 g/mol. The zero-order valence-electron chi connectivity index (χ0n) is 38.0. The van der Waals surface area contributed by atoms with Crippen LogP contribution in [-0.4, -0.2) is 101 Å². The Morgan fingerprint density at radius 2 is 1.58 bits per heavy atom. The number of alkyl carbamates (subject to hydrolysis) is 1. The Balaban J connectivity index is 1.23. The molecule has 2 aromatic carbocycles. The summed E-state index contributed by atoms with van der Waals surface area (Å²) in [4.78, 5) is 36.8. The molecule has 18 heteroatoms. The molecule has 66 heavy (non-hydrogen) atoms. The first-order chi connectivity index (χ1) is 31.4. The number of pyridine rings is 2. The van der Waals surface area contributed by atoms with Crippen LogP contribution in [0.2, 0.25) is 0 Å². The SMILES string of the molecule is COc1ccc(CN(Cc2ccc(OC)cc2)c2cc(C)c(C(F)(F)F)c(-c3ncc4c(N5CCC[C@H](NC(=O)OC(C)(C)C)C5)nc(OCC56CCCN5C[C@H](F)C6)nc4c3F)n2)cc1. The van der Waals surface area contributed by atoms with Gasteiger partial charge in [0.15, 0.2) is 5.82 Å². The van der Waals surface area contributed by atoms with Crippen molar-refractivity contribution in [2.45, 2.75) is 102 Å². The lowest BCUT2D eigenvalue weighted by Crippen LogP contribution is -2.49. The maximum absolute atomic E-state index is 17.6. The number of carbonyl (C=O) groups excluding carboxylic acids is 1. The third-order valence-corrected chi connectivity index (χ3v) is 12.4. The van der Waals surface area contributed by atoms with Crippen molar-refractivity contribution in [2.75, 3.05) is 56.8 Å². The number of alkyl halides is 4. The maximum Gasteiger partial charge on any atom is 0.418 e. The number of halogens is 5. The summed E-state index contributed by atoms with van der Waals surface area (Å²) in [6.07, 6.45) is -2.29. The fourth-order valence-corrected chi connectivity index (χ4v) is 9.37. The number of piperidine rings is 1. The molecule has 352 valence electrons. The van der Waals surface area contributed by atoms with Crippen molar-refractivity contribution in [1.82, 2.24) is 30.2 Å². The van der Waals surface area contributed by atoms with Crippen LogP contribution in [0.1, 0.15) is 75.1 Å². The van der Waals surface area contributed by atoms with Crippen LogP contribution in [-0.2, 0) is 24.0 Å². The van der Waals surface area contributed by atoms with Crippen LogP contribution in [0, 0.1) is 12.7 Å². The van der Waals surface area contributed by atoms with Crippen molar-refractivity contribution in [2.24, 2.45) is 0 Å². The van der Waals surface area contributed by atoms with Gasteiger partial charge in [-0.15, -0.1) is 0 Å². The van der Waals surface area contributed by atoms with Gasteiger partial charge >= 0.3 is 18.3 Å². The van der Waals surface area contributed by atoms with Crippen LogP contribution in [0.15, 0.2) is 60.8 Å². The highest BCUT2D eigenvalue weighted by atomic mass is 19.4. The molecule has 0 spiro atoms. The Kier molecular flexibility index (Phi) is 13.2. The van der Waals surface area contributed by atoms with E-state index in [2.05, 4.69) is 25.2 Å². The lowest BCUT2D eigenvalue weighted by Gasteiger charge is -2.35. The number of nitrogens with one attached hydrogen (secondary N) is 1. The van der Waals surface area contributed by atoms with E-state index in [1.807, 2.05) is 29.2 Å². The minimum absolute atomic E-state index is 0.0278. The summed E-state index contributed by atoms with van der Waals surface area (Å²) in [5.74, 6) is 0.482. The zero-order valence-corrected chi connectivity index (χ0v) is 38.0. The molecule has 0 saturated carbocycles. The molecular formula is C48H55F5N8O5. The molecule has 5 aromatic rings. The van der Waals surface area contributed by atoms with Crippen LogP contribution in [0.4, 0.5) is 38.4 Å². The van der Waals surface area contributed by atoms with Gasteiger partial charge in [-0.3, -0.25) is 9.88 Å². The topological polar surface area (TPSA) is 127 Å². The number of hydrogen-bond donors (Lipinski definition) is 1. The van der Waals surface area contributed by atoms with Gasteiger partial charge in [-0.25, -0.2) is 18.6 Å². The van der Waals surface area contributed by atoms with Crippen molar-refractivity contribution in [3.8, 4) is 28.9 Å². The number of ether oxygens (including phenoxy) is 4. The first kappa shape index (κ1) is 46.5. The van der Waals surface area contributed by atoms with Crippen LogP contribution in [0.5, 0.6) is 17.5 Å². The van der Waals surface area contributed by atoms with Crippen LogP contribution in [0.3, 0.4) is 0 Å². The number of rotatable bonds is 13. The van der Waals surface area contributed by atoms with E-state index < -0.39 is 52.3 Å². The van der Waals surface area contributed by atoms with Gasteiger partial charge in [-0.05, 0) is 107 Å². The second-order valence-electron chi connectivity index (χ2n) is 18.4. The quantitative estimate of drug-likeness (QED) is 0.113. The Labute approximate surface area is 380 Å². The van der Waals surface area contributed by atoms with Crippen LogP contribution in [0.25, 0.3) is 22.3 Å². The molecule has 0 aliphatic carbocycles. The van der Waals surface area contributed by atoms with Crippen molar-refractivity contribution in [3.63, 3.8) is 0 Å². The van der Waals surface area contributed by atoms with Gasteiger partial charge in [0, 0.05) is 51.4 Å². The minimum Gasteiger partial charge on any atom is -0.497 e. The zero-order chi connectivity index (χ0) is 47.0. The van der Waals surface area contributed by atoms with Crippen molar-refractivity contribution in [1.29, 1.82) is 0 Å². The summed E-state index contributed by atoms with van der Waals surface area (Å²) in [5, 5.41) is 3.03. The number of benzene rings is 2. The third-order valence-electron chi connectivity index (χ3n) is 12.4. The van der Waals surface area contributed by atoms with Gasteiger partial charge < -0.3 is 34.1 Å². The number of carbonyl (C=O) groups is 1. The summed E-state index contributed by atoms with van der Waals surface area (Å²) in [6.45, 7) is 8.76. The number of aryl methyl sites for hydroxylation is 1. The molecule has 1 N–H and O–H groups in total. The normalized spacial score (nSPS) is 20.0. The second kappa shape index (κ2) is 18.7. The molecule has 1 amide bonds. The molecule has 3 aliphatic heterocycles. The highest BCUT2D eigenvalue weighted by molar-refractivity contribution is 5.92.